The van der Waals surface area contributed by atoms with Crippen LogP contribution in [0, 0.1) is 5.41 Å². The molecule has 1 N–H and O–H groups in total. The maximum atomic E-state index is 12.1. The van der Waals surface area contributed by atoms with Crippen LogP contribution in [0.5, 0.6) is 0 Å². The molecule has 26 heavy (non-hydrogen) atoms. The quantitative estimate of drug-likeness (QED) is 0.773. The Balaban J connectivity index is 1.78. The van der Waals surface area contributed by atoms with E-state index in [1.54, 1.807) is 0 Å². The second kappa shape index (κ2) is 8.32. The summed E-state index contributed by atoms with van der Waals surface area (Å²) in [5.41, 5.74) is 2.50. The van der Waals surface area contributed by atoms with Crippen LogP contribution in [0.4, 0.5) is 10.5 Å². The number of carbonyl (C=O) groups is 1. The Hall–Kier alpha value is -1.71. The summed E-state index contributed by atoms with van der Waals surface area (Å²) in [5, 5.41) is 3.61. The molecule has 0 atom stereocenters. The van der Waals surface area contributed by atoms with Crippen molar-refractivity contribution >= 4 is 11.8 Å². The first-order valence-electron chi connectivity index (χ1n) is 9.85. The summed E-state index contributed by atoms with van der Waals surface area (Å²) in [6.07, 6.45) is 4.02. The average molecular weight is 361 g/mol. The minimum Gasteiger partial charge on any atom is -0.444 e. The molecule has 2 rings (SSSR count). The zero-order chi connectivity index (χ0) is 19.4. The van der Waals surface area contributed by atoms with Crippen LogP contribution < -0.4 is 5.32 Å². The third kappa shape index (κ3) is 7.27. The van der Waals surface area contributed by atoms with Gasteiger partial charge in [0.2, 0.25) is 0 Å². The second-order valence-corrected chi connectivity index (χ2v) is 9.64. The fraction of sp³-hybridized carbons (Fsp3) is 0.682. The molecule has 1 aromatic carbocycles. The topological polar surface area (TPSA) is 41.6 Å². The lowest BCUT2D eigenvalue weighted by atomic mass is 9.89. The van der Waals surface area contributed by atoms with E-state index in [-0.39, 0.29) is 6.09 Å². The van der Waals surface area contributed by atoms with Gasteiger partial charge in [-0.05, 0) is 69.6 Å². The predicted octanol–water partition coefficient (Wildman–Crippen LogP) is 5.48. The molecule has 4 heteroatoms. The highest BCUT2D eigenvalue weighted by Gasteiger charge is 2.26. The van der Waals surface area contributed by atoms with E-state index in [1.165, 1.54) is 17.7 Å². The Kier molecular flexibility index (Phi) is 6.59. The highest BCUT2D eigenvalue weighted by Crippen LogP contribution is 2.23. The number of nitrogens with zero attached hydrogens (tertiary/aromatic N) is 1. The number of nitrogens with one attached hydrogen (secondary N) is 1. The summed E-state index contributed by atoms with van der Waals surface area (Å²) in [7, 11) is 0. The van der Waals surface area contributed by atoms with E-state index in [2.05, 4.69) is 50.4 Å². The van der Waals surface area contributed by atoms with Gasteiger partial charge in [-0.15, -0.1) is 0 Å². The molecular formula is C22H36N2O2. The van der Waals surface area contributed by atoms with E-state index < -0.39 is 5.60 Å². The molecule has 0 spiro atoms. The number of carbonyl (C=O) groups excluding carboxylic acids is 1. The standard InChI is InChI=1S/C22H36N2O2/c1-21(2,3)14-11-17-7-9-18(10-8-17)23-19-12-15-24(16-13-19)20(25)26-22(4,5)6/h7-10,19,23H,11-16H2,1-6H3. The van der Waals surface area contributed by atoms with Gasteiger partial charge in [0, 0.05) is 24.8 Å². The molecule has 0 radical (unpaired) electrons. The second-order valence-electron chi connectivity index (χ2n) is 9.64. The molecule has 1 fully saturated rings. The molecule has 0 aromatic heterocycles. The molecule has 0 saturated carbocycles. The van der Waals surface area contributed by atoms with Crippen molar-refractivity contribution in [1.82, 2.24) is 4.90 Å². The van der Waals surface area contributed by atoms with Crippen molar-refractivity contribution in [2.45, 2.75) is 78.9 Å². The van der Waals surface area contributed by atoms with Crippen molar-refractivity contribution in [1.29, 1.82) is 0 Å². The van der Waals surface area contributed by atoms with Crippen LogP contribution in [0.3, 0.4) is 0 Å². The normalized spacial score (nSPS) is 16.5. The van der Waals surface area contributed by atoms with Crippen LogP contribution in [0.1, 0.15) is 66.4 Å². The van der Waals surface area contributed by atoms with E-state index in [1.807, 2.05) is 25.7 Å². The van der Waals surface area contributed by atoms with Crippen LogP contribution in [0.25, 0.3) is 0 Å². The van der Waals surface area contributed by atoms with E-state index >= 15 is 0 Å². The number of ether oxygens (including phenoxy) is 1. The van der Waals surface area contributed by atoms with Crippen molar-refractivity contribution in [2.24, 2.45) is 5.41 Å². The lowest BCUT2D eigenvalue weighted by Gasteiger charge is -2.34. The third-order valence-electron chi connectivity index (χ3n) is 4.64. The Labute approximate surface area is 159 Å². The minimum atomic E-state index is -0.430. The molecule has 0 bridgehead atoms. The molecule has 4 nitrogen and oxygen atoms in total. The molecule has 1 aromatic rings. The molecule has 146 valence electrons. The molecule has 1 aliphatic heterocycles. The number of hydrogen-bond acceptors (Lipinski definition) is 3. The summed E-state index contributed by atoms with van der Waals surface area (Å²) in [6, 6.07) is 9.22. The SMILES string of the molecule is CC(C)(C)CCc1ccc(NC2CCN(C(=O)OC(C)(C)C)CC2)cc1. The summed E-state index contributed by atoms with van der Waals surface area (Å²) < 4.78 is 5.46. The van der Waals surface area contributed by atoms with Gasteiger partial charge in [0.1, 0.15) is 5.60 Å². The zero-order valence-electron chi connectivity index (χ0n) is 17.4. The highest BCUT2D eigenvalue weighted by atomic mass is 16.6. The first kappa shape index (κ1) is 20.6. The number of likely N-dealkylation sites (tertiary alicyclic amines) is 1. The van der Waals surface area contributed by atoms with Crippen LogP contribution in [0.15, 0.2) is 24.3 Å². The fourth-order valence-electron chi connectivity index (χ4n) is 3.06. The van der Waals surface area contributed by atoms with E-state index in [4.69, 9.17) is 4.74 Å². The van der Waals surface area contributed by atoms with Gasteiger partial charge in [-0.1, -0.05) is 32.9 Å². The van der Waals surface area contributed by atoms with Gasteiger partial charge in [-0.25, -0.2) is 4.79 Å². The summed E-state index contributed by atoms with van der Waals surface area (Å²) in [5.74, 6) is 0. The van der Waals surface area contributed by atoms with Crippen molar-refractivity contribution in [2.75, 3.05) is 18.4 Å². The Bertz CT molecular complexity index is 574. The molecule has 0 unspecified atom stereocenters. The highest BCUT2D eigenvalue weighted by molar-refractivity contribution is 5.68. The van der Waals surface area contributed by atoms with Crippen molar-refractivity contribution in [3.05, 3.63) is 29.8 Å². The number of hydrogen-bond donors (Lipinski definition) is 1. The van der Waals surface area contributed by atoms with E-state index in [0.29, 0.717) is 11.5 Å². The number of anilines is 1. The Morgan fingerprint density at radius 2 is 1.65 bits per heavy atom. The van der Waals surface area contributed by atoms with Crippen LogP contribution in [-0.4, -0.2) is 35.7 Å². The Morgan fingerprint density at radius 3 is 2.15 bits per heavy atom. The molecule has 1 aliphatic rings. The van der Waals surface area contributed by atoms with Crippen LogP contribution in [0.2, 0.25) is 0 Å². The van der Waals surface area contributed by atoms with Gasteiger partial charge in [-0.3, -0.25) is 0 Å². The van der Waals surface area contributed by atoms with Crippen molar-refractivity contribution in [3.8, 4) is 0 Å². The Morgan fingerprint density at radius 1 is 1.08 bits per heavy atom. The summed E-state index contributed by atoms with van der Waals surface area (Å²) >= 11 is 0. The predicted molar refractivity (Wildman–Crippen MR) is 109 cm³/mol. The summed E-state index contributed by atoms with van der Waals surface area (Å²) in [6.45, 7) is 14.1. The van der Waals surface area contributed by atoms with Gasteiger partial charge >= 0.3 is 6.09 Å². The molecule has 1 amide bonds. The lowest BCUT2D eigenvalue weighted by molar-refractivity contribution is 0.0210. The maximum Gasteiger partial charge on any atom is 0.410 e. The van der Waals surface area contributed by atoms with Crippen LogP contribution in [-0.2, 0) is 11.2 Å². The average Bonchev–Trinajstić information content (AvgIpc) is 2.52. The van der Waals surface area contributed by atoms with E-state index in [9.17, 15) is 4.79 Å². The lowest BCUT2D eigenvalue weighted by Crippen LogP contribution is -2.44. The smallest absolute Gasteiger partial charge is 0.410 e. The largest absolute Gasteiger partial charge is 0.444 e. The van der Waals surface area contributed by atoms with Crippen molar-refractivity contribution < 1.29 is 9.53 Å². The van der Waals surface area contributed by atoms with Crippen molar-refractivity contribution in [3.63, 3.8) is 0 Å². The van der Waals surface area contributed by atoms with E-state index in [0.717, 1.165) is 32.4 Å². The monoisotopic (exact) mass is 360 g/mol. The number of amides is 1. The minimum absolute atomic E-state index is 0.195. The number of aryl methyl sites for hydroxylation is 1. The zero-order valence-corrected chi connectivity index (χ0v) is 17.4. The van der Waals surface area contributed by atoms with Gasteiger partial charge in [0.25, 0.3) is 0 Å². The number of benzene rings is 1. The third-order valence-corrected chi connectivity index (χ3v) is 4.64. The fourth-order valence-corrected chi connectivity index (χ4v) is 3.06. The van der Waals surface area contributed by atoms with Crippen LogP contribution >= 0.6 is 0 Å². The molecule has 1 heterocycles. The first-order valence-corrected chi connectivity index (χ1v) is 9.85. The number of rotatable bonds is 4. The number of piperidine rings is 1. The maximum absolute atomic E-state index is 12.1. The van der Waals surface area contributed by atoms with Gasteiger partial charge in [-0.2, -0.15) is 0 Å². The molecule has 0 aliphatic carbocycles. The van der Waals surface area contributed by atoms with Gasteiger partial charge in [0.15, 0.2) is 0 Å². The molecular weight excluding hydrogens is 324 g/mol. The summed E-state index contributed by atoms with van der Waals surface area (Å²) in [4.78, 5) is 13.9. The molecule has 1 saturated heterocycles. The van der Waals surface area contributed by atoms with Gasteiger partial charge in [0.05, 0.1) is 0 Å². The van der Waals surface area contributed by atoms with Gasteiger partial charge < -0.3 is 15.0 Å². The first-order chi connectivity index (χ1) is 12.0.